The number of nitrogens with one attached hydrogen (secondary N) is 1. The molecular weight excluding hydrogens is 216 g/mol. The van der Waals surface area contributed by atoms with Gasteiger partial charge in [-0.3, -0.25) is 9.59 Å². The first-order valence-electron chi connectivity index (χ1n) is 6.79. The van der Waals surface area contributed by atoms with Gasteiger partial charge in [-0.1, -0.05) is 20.3 Å². The highest BCUT2D eigenvalue weighted by Gasteiger charge is 2.46. The molecule has 1 N–H and O–H groups in total. The van der Waals surface area contributed by atoms with E-state index in [9.17, 15) is 9.59 Å². The molecule has 4 nitrogen and oxygen atoms in total. The molecule has 0 spiro atoms. The van der Waals surface area contributed by atoms with E-state index in [4.69, 9.17) is 0 Å². The van der Waals surface area contributed by atoms with E-state index < -0.39 is 0 Å². The van der Waals surface area contributed by atoms with E-state index in [1.165, 1.54) is 0 Å². The van der Waals surface area contributed by atoms with Crippen molar-refractivity contribution in [2.75, 3.05) is 6.54 Å². The highest BCUT2D eigenvalue weighted by molar-refractivity contribution is 5.97. The summed E-state index contributed by atoms with van der Waals surface area (Å²) in [6.45, 7) is 4.81. The van der Waals surface area contributed by atoms with Crippen LogP contribution in [0.25, 0.3) is 0 Å². The van der Waals surface area contributed by atoms with Crippen molar-refractivity contribution in [3.8, 4) is 0 Å². The molecule has 1 heterocycles. The molecule has 2 unspecified atom stereocenters. The normalized spacial score (nSPS) is 29.4. The van der Waals surface area contributed by atoms with Gasteiger partial charge < -0.3 is 10.2 Å². The maximum atomic E-state index is 12.3. The Labute approximate surface area is 103 Å². The van der Waals surface area contributed by atoms with Crippen LogP contribution in [0.2, 0.25) is 0 Å². The van der Waals surface area contributed by atoms with Gasteiger partial charge in [-0.05, 0) is 31.6 Å². The molecule has 2 rings (SSSR count). The van der Waals surface area contributed by atoms with Crippen LogP contribution in [0.1, 0.15) is 46.0 Å². The average molecular weight is 238 g/mol. The maximum Gasteiger partial charge on any atom is 0.246 e. The van der Waals surface area contributed by atoms with Crippen LogP contribution in [-0.2, 0) is 9.59 Å². The smallest absolute Gasteiger partial charge is 0.246 e. The van der Waals surface area contributed by atoms with E-state index in [-0.39, 0.29) is 23.9 Å². The molecule has 0 bridgehead atoms. The van der Waals surface area contributed by atoms with Crippen molar-refractivity contribution < 1.29 is 9.59 Å². The molecule has 0 aromatic heterocycles. The lowest BCUT2D eigenvalue weighted by atomic mass is 10.0. The highest BCUT2D eigenvalue weighted by Crippen LogP contribution is 2.35. The first-order valence-corrected chi connectivity index (χ1v) is 6.79. The van der Waals surface area contributed by atoms with Crippen molar-refractivity contribution in [1.29, 1.82) is 0 Å². The minimum absolute atomic E-state index is 0.0526. The van der Waals surface area contributed by atoms with Crippen molar-refractivity contribution >= 4 is 11.8 Å². The minimum Gasteiger partial charge on any atom is -0.342 e. The summed E-state index contributed by atoms with van der Waals surface area (Å²) in [4.78, 5) is 26.2. The van der Waals surface area contributed by atoms with E-state index in [0.29, 0.717) is 12.5 Å². The van der Waals surface area contributed by atoms with Gasteiger partial charge in [-0.25, -0.2) is 0 Å². The first-order chi connectivity index (χ1) is 8.19. The Balaban J connectivity index is 2.12. The summed E-state index contributed by atoms with van der Waals surface area (Å²) < 4.78 is 0. The third-order valence-corrected chi connectivity index (χ3v) is 3.65. The van der Waals surface area contributed by atoms with Crippen LogP contribution in [0.3, 0.4) is 0 Å². The Morgan fingerprint density at radius 3 is 2.47 bits per heavy atom. The predicted molar refractivity (Wildman–Crippen MR) is 65.4 cm³/mol. The summed E-state index contributed by atoms with van der Waals surface area (Å²) >= 11 is 0. The van der Waals surface area contributed by atoms with E-state index in [1.54, 1.807) is 0 Å². The average Bonchev–Trinajstić information content (AvgIpc) is 3.12. The second kappa shape index (κ2) is 5.07. The number of rotatable bonds is 5. The molecule has 2 fully saturated rings. The van der Waals surface area contributed by atoms with E-state index in [1.807, 2.05) is 4.90 Å². The van der Waals surface area contributed by atoms with Crippen LogP contribution in [0, 0.1) is 5.92 Å². The summed E-state index contributed by atoms with van der Waals surface area (Å²) in [5, 5.41) is 2.92. The van der Waals surface area contributed by atoms with Gasteiger partial charge in [0.05, 0.1) is 0 Å². The zero-order valence-electron chi connectivity index (χ0n) is 10.7. The van der Waals surface area contributed by atoms with Gasteiger partial charge in [0.25, 0.3) is 0 Å². The number of hydrogen-bond acceptors (Lipinski definition) is 2. The molecule has 0 aromatic rings. The molecule has 96 valence electrons. The summed E-state index contributed by atoms with van der Waals surface area (Å²) in [5.41, 5.74) is 0. The number of hydrogen-bond donors (Lipinski definition) is 1. The Hall–Kier alpha value is -1.06. The summed E-state index contributed by atoms with van der Waals surface area (Å²) in [5.74, 6) is 0.595. The lowest BCUT2D eigenvalue weighted by Crippen LogP contribution is -2.64. The van der Waals surface area contributed by atoms with Crippen LogP contribution in [0.4, 0.5) is 0 Å². The lowest BCUT2D eigenvalue weighted by molar-refractivity contribution is -0.150. The molecule has 2 amide bonds. The molecule has 2 atom stereocenters. The van der Waals surface area contributed by atoms with Crippen molar-refractivity contribution in [3.05, 3.63) is 0 Å². The number of nitrogens with zero attached hydrogens (tertiary/aromatic N) is 1. The molecule has 0 aromatic carbocycles. The standard InChI is InChI=1S/C13H22N2O2/c1-3-5-10-12(16)14-11(9-6-7-9)13(17)15(10)8-4-2/h9-11H,3-8H2,1-2H3,(H,14,16). The maximum absolute atomic E-state index is 12.3. The third-order valence-electron chi connectivity index (χ3n) is 3.65. The molecule has 1 aliphatic heterocycles. The van der Waals surface area contributed by atoms with Crippen molar-refractivity contribution in [3.63, 3.8) is 0 Å². The van der Waals surface area contributed by atoms with Gasteiger partial charge >= 0.3 is 0 Å². The Kier molecular flexibility index (Phi) is 3.69. The van der Waals surface area contributed by atoms with Crippen LogP contribution < -0.4 is 5.32 Å². The second-order valence-corrected chi connectivity index (χ2v) is 5.16. The van der Waals surface area contributed by atoms with E-state index in [2.05, 4.69) is 19.2 Å². The Morgan fingerprint density at radius 1 is 1.24 bits per heavy atom. The molecule has 2 aliphatic rings. The van der Waals surface area contributed by atoms with Gasteiger partial charge in [-0.15, -0.1) is 0 Å². The fourth-order valence-corrected chi connectivity index (χ4v) is 2.60. The molecule has 17 heavy (non-hydrogen) atoms. The van der Waals surface area contributed by atoms with Gasteiger partial charge in [-0.2, -0.15) is 0 Å². The molecular formula is C13H22N2O2. The third kappa shape index (κ3) is 2.45. The minimum atomic E-state index is -0.234. The SMILES string of the molecule is CCCC1C(=O)NC(C2CC2)C(=O)N1CCC. The summed E-state index contributed by atoms with van der Waals surface area (Å²) in [7, 11) is 0. The Bertz CT molecular complexity index is 313. The topological polar surface area (TPSA) is 49.4 Å². The largest absolute Gasteiger partial charge is 0.342 e. The molecule has 1 saturated carbocycles. The van der Waals surface area contributed by atoms with Gasteiger partial charge in [0, 0.05) is 6.54 Å². The number of carbonyl (C=O) groups is 2. The fourth-order valence-electron chi connectivity index (χ4n) is 2.60. The fraction of sp³-hybridized carbons (Fsp3) is 0.846. The highest BCUT2D eigenvalue weighted by atomic mass is 16.2. The molecule has 1 saturated heterocycles. The van der Waals surface area contributed by atoms with E-state index >= 15 is 0 Å². The summed E-state index contributed by atoms with van der Waals surface area (Å²) in [6.07, 6.45) is 4.77. The number of piperazine rings is 1. The number of amides is 2. The molecule has 4 heteroatoms. The van der Waals surface area contributed by atoms with Crippen molar-refractivity contribution in [1.82, 2.24) is 10.2 Å². The summed E-state index contributed by atoms with van der Waals surface area (Å²) in [6, 6.07) is -0.468. The van der Waals surface area contributed by atoms with Crippen molar-refractivity contribution in [2.24, 2.45) is 5.92 Å². The molecule has 1 aliphatic carbocycles. The Morgan fingerprint density at radius 2 is 1.94 bits per heavy atom. The monoisotopic (exact) mass is 238 g/mol. The van der Waals surface area contributed by atoms with E-state index in [0.717, 1.165) is 32.1 Å². The van der Waals surface area contributed by atoms with Crippen LogP contribution in [0.5, 0.6) is 0 Å². The molecule has 0 radical (unpaired) electrons. The zero-order valence-corrected chi connectivity index (χ0v) is 10.7. The lowest BCUT2D eigenvalue weighted by Gasteiger charge is -2.39. The van der Waals surface area contributed by atoms with Gasteiger partial charge in [0.1, 0.15) is 12.1 Å². The van der Waals surface area contributed by atoms with Gasteiger partial charge in [0.15, 0.2) is 0 Å². The zero-order chi connectivity index (χ0) is 12.4. The van der Waals surface area contributed by atoms with Crippen LogP contribution >= 0.6 is 0 Å². The number of carbonyl (C=O) groups excluding carboxylic acids is 2. The van der Waals surface area contributed by atoms with Crippen LogP contribution in [0.15, 0.2) is 0 Å². The van der Waals surface area contributed by atoms with Gasteiger partial charge in [0.2, 0.25) is 11.8 Å². The second-order valence-electron chi connectivity index (χ2n) is 5.16. The predicted octanol–water partition coefficient (Wildman–Crippen LogP) is 1.30. The van der Waals surface area contributed by atoms with Crippen LogP contribution in [-0.4, -0.2) is 35.3 Å². The first kappa shape index (κ1) is 12.4. The quantitative estimate of drug-likeness (QED) is 0.785. The van der Waals surface area contributed by atoms with Crippen molar-refractivity contribution in [2.45, 2.75) is 58.0 Å².